The maximum atomic E-state index is 10.3. The number of aliphatic carboxylic acids is 6. The molecule has 28 heavy (non-hydrogen) atoms. The van der Waals surface area contributed by atoms with Crippen molar-refractivity contribution in [2.75, 3.05) is 0 Å². The van der Waals surface area contributed by atoms with E-state index in [2.05, 4.69) is 0 Å². The van der Waals surface area contributed by atoms with E-state index >= 15 is 0 Å². The molecule has 16 heteroatoms. The molecule has 1 atom stereocenters. The number of carbonyl (C=O) groups excluding carboxylic acids is 2. The van der Waals surface area contributed by atoms with Crippen LogP contribution in [0.15, 0.2) is 0 Å². The van der Waals surface area contributed by atoms with Crippen molar-refractivity contribution in [1.82, 2.24) is 0 Å². The first kappa shape index (κ1) is 34.5. The van der Waals surface area contributed by atoms with Crippen LogP contribution in [0.25, 0.3) is 0 Å². The fourth-order valence-corrected chi connectivity index (χ4v) is 1.41. The molecule has 0 aromatic heterocycles. The number of hydrogen-bond acceptors (Lipinski definition) is 10. The van der Waals surface area contributed by atoms with Crippen LogP contribution in [0.5, 0.6) is 0 Å². The summed E-state index contributed by atoms with van der Waals surface area (Å²) in [5, 5.41) is 71.0. The summed E-state index contributed by atoms with van der Waals surface area (Å²) in [6.45, 7) is 0. The van der Waals surface area contributed by atoms with Gasteiger partial charge in [0.15, 0.2) is 5.60 Å². The Morgan fingerprint density at radius 1 is 0.643 bits per heavy atom. The van der Waals surface area contributed by atoms with E-state index in [0.29, 0.717) is 0 Å². The zero-order valence-corrected chi connectivity index (χ0v) is 20.0. The van der Waals surface area contributed by atoms with Gasteiger partial charge in [0.25, 0.3) is 0 Å². The quantitative estimate of drug-likeness (QED) is 0.134. The summed E-state index contributed by atoms with van der Waals surface area (Å²) in [5.74, 6) is -10.7. The molecule has 0 aromatic rings. The molecule has 0 aromatic carbocycles. The van der Waals surface area contributed by atoms with Crippen LogP contribution in [0.2, 0.25) is 0 Å². The van der Waals surface area contributed by atoms with Crippen molar-refractivity contribution < 1.29 is 91.3 Å². The number of hydrogen-bond donors (Lipinski definition) is 6. The van der Waals surface area contributed by atoms with Gasteiger partial charge in [0, 0.05) is 34.1 Å². The molecule has 0 saturated carbocycles. The summed E-state index contributed by atoms with van der Waals surface area (Å²) in [4.78, 5) is 60.6. The first-order valence-corrected chi connectivity index (χ1v) is 6.30. The Hall–Kier alpha value is -0.974. The van der Waals surface area contributed by atoms with Gasteiger partial charge >= 0.3 is 72.8 Å². The zero-order valence-electron chi connectivity index (χ0n) is 14.0. The van der Waals surface area contributed by atoms with Crippen molar-refractivity contribution >= 4 is 84.7 Å². The van der Waals surface area contributed by atoms with Crippen molar-refractivity contribution in [3.05, 3.63) is 0 Å². The third-order valence-electron chi connectivity index (χ3n) is 2.55. The number of carboxylic acid groups (broad SMARTS) is 6. The summed E-state index contributed by atoms with van der Waals surface area (Å²) < 4.78 is 0. The molecule has 0 spiro atoms. The van der Waals surface area contributed by atoms with Crippen LogP contribution in [0, 0.1) is 0 Å². The van der Waals surface area contributed by atoms with Gasteiger partial charge in [0.1, 0.15) is 5.60 Å². The van der Waals surface area contributed by atoms with Gasteiger partial charge in [-0.25, -0.2) is 4.79 Å². The van der Waals surface area contributed by atoms with Gasteiger partial charge in [-0.3, -0.25) is 14.4 Å². The molecule has 0 heterocycles. The minimum absolute atomic E-state index is 0. The largest absolute Gasteiger partial charge is 2.00 e. The van der Waals surface area contributed by atoms with Crippen molar-refractivity contribution in [2.45, 2.75) is 36.9 Å². The molecule has 0 aliphatic rings. The van der Waals surface area contributed by atoms with Crippen LogP contribution < -0.4 is 10.2 Å². The Labute approximate surface area is 211 Å². The molecule has 0 rings (SSSR count). The zero-order chi connectivity index (χ0) is 21.3. The second-order valence-corrected chi connectivity index (χ2v) is 4.92. The number of carboxylic acids is 6. The van der Waals surface area contributed by atoms with Gasteiger partial charge in [-0.2, -0.15) is 0 Å². The number of aliphatic hydroxyl groups is 2. The van der Waals surface area contributed by atoms with Crippen LogP contribution in [0.1, 0.15) is 25.7 Å². The summed E-state index contributed by atoms with van der Waals surface area (Å²) in [5.41, 5.74) is -5.65. The van der Waals surface area contributed by atoms with Crippen molar-refractivity contribution in [3.63, 3.8) is 0 Å². The Morgan fingerprint density at radius 3 is 1.11 bits per heavy atom. The predicted octanol–water partition coefficient (Wildman–Crippen LogP) is -5.55. The Bertz CT molecular complexity index is 519. The average molecular weight is 567 g/mol. The summed E-state index contributed by atoms with van der Waals surface area (Å²) in [7, 11) is 0. The second kappa shape index (κ2) is 14.9. The van der Waals surface area contributed by atoms with Gasteiger partial charge in [-0.15, -0.1) is 0 Å². The predicted molar refractivity (Wildman–Crippen MR) is 74.7 cm³/mol. The third-order valence-corrected chi connectivity index (χ3v) is 2.55. The van der Waals surface area contributed by atoms with E-state index in [1.807, 2.05) is 0 Å². The fraction of sp³-hybridized carbons (Fsp3) is 0.500. The molecule has 1 unspecified atom stereocenters. The molecule has 0 radical (unpaired) electrons. The van der Waals surface area contributed by atoms with E-state index < -0.39 is 72.7 Å². The summed E-state index contributed by atoms with van der Waals surface area (Å²) in [6.07, 6.45) is -4.85. The summed E-state index contributed by atoms with van der Waals surface area (Å²) in [6, 6.07) is 0. The standard InChI is InChI=1S/2C6H8O7.Ba.Ti/c2*7-3(8)1-6(13,5(11)12)2-4(9)10;;/h2*13H,1-2H2,(H,7,8)(H,9,10)(H,11,12);;/q;;+2;/p-2. The maximum absolute atomic E-state index is 10.3. The molecule has 0 amide bonds. The first-order valence-electron chi connectivity index (χ1n) is 6.30. The molecule has 14 nitrogen and oxygen atoms in total. The minimum atomic E-state index is -2.85. The van der Waals surface area contributed by atoms with Crippen LogP contribution >= 0.6 is 0 Å². The number of rotatable bonds is 10. The molecule has 0 bridgehead atoms. The smallest absolute Gasteiger partial charge is 0.550 e. The van der Waals surface area contributed by atoms with Crippen LogP contribution in [0.3, 0.4) is 0 Å². The van der Waals surface area contributed by atoms with E-state index in [1.165, 1.54) is 0 Å². The van der Waals surface area contributed by atoms with Gasteiger partial charge in [-0.05, 0) is 0 Å². The third kappa shape index (κ3) is 15.0. The molecule has 0 aliphatic heterocycles. The van der Waals surface area contributed by atoms with Crippen LogP contribution in [-0.4, -0.2) is 127 Å². The van der Waals surface area contributed by atoms with E-state index in [4.69, 9.17) is 30.6 Å². The number of carbonyl (C=O) groups is 6. The van der Waals surface area contributed by atoms with Gasteiger partial charge in [0.05, 0.1) is 25.2 Å². The molecule has 6 N–H and O–H groups in total. The van der Waals surface area contributed by atoms with E-state index in [1.54, 1.807) is 0 Å². The van der Waals surface area contributed by atoms with Crippen molar-refractivity contribution in [3.8, 4) is 0 Å². The molecular formula is C12H14BaO14Ti. The van der Waals surface area contributed by atoms with E-state index in [-0.39, 0.29) is 70.6 Å². The molecule has 0 fully saturated rings. The Balaban J connectivity index is -0.000000192. The van der Waals surface area contributed by atoms with Crippen LogP contribution in [0.4, 0.5) is 0 Å². The maximum Gasteiger partial charge on any atom is 2.00 e. The normalized spacial score (nSPS) is 11.8. The monoisotopic (exact) mass is 568 g/mol. The second-order valence-electron chi connectivity index (χ2n) is 4.92. The Morgan fingerprint density at radius 2 is 0.929 bits per heavy atom. The van der Waals surface area contributed by atoms with Crippen LogP contribution in [-0.2, 0) is 50.5 Å². The fourth-order valence-electron chi connectivity index (χ4n) is 1.41. The van der Waals surface area contributed by atoms with Crippen molar-refractivity contribution in [1.29, 1.82) is 0 Å². The molecular weight excluding hydrogens is 553 g/mol. The van der Waals surface area contributed by atoms with Gasteiger partial charge < -0.3 is 50.4 Å². The molecule has 0 aliphatic carbocycles. The van der Waals surface area contributed by atoms with Gasteiger partial charge in [0.2, 0.25) is 0 Å². The van der Waals surface area contributed by atoms with E-state index in [0.717, 1.165) is 0 Å². The van der Waals surface area contributed by atoms with Gasteiger partial charge in [-0.1, -0.05) is 0 Å². The molecule has 0 saturated heterocycles. The summed E-state index contributed by atoms with van der Waals surface area (Å²) >= 11 is 0. The first-order chi connectivity index (χ1) is 11.6. The topological polar surface area (TPSA) is 270 Å². The molecule has 152 valence electrons. The SMILES string of the molecule is O=C(O)CC(O)(CC(=O)O)C(=O)[O-].O=C([O-])CC(O)(CC(=O)O)C(=O)O.[Ba+2].[Ti]. The minimum Gasteiger partial charge on any atom is -0.550 e. The Kier molecular flexibility index (Phi) is 18.4. The van der Waals surface area contributed by atoms with Crippen molar-refractivity contribution in [2.24, 2.45) is 0 Å². The van der Waals surface area contributed by atoms with E-state index in [9.17, 15) is 39.0 Å². The average Bonchev–Trinajstić information content (AvgIpc) is 2.34.